The Balaban J connectivity index is 2.00. The van der Waals surface area contributed by atoms with Crippen molar-refractivity contribution in [2.75, 3.05) is 26.7 Å². The van der Waals surface area contributed by atoms with Crippen LogP contribution in [0.2, 0.25) is 0 Å². The summed E-state index contributed by atoms with van der Waals surface area (Å²) in [5, 5.41) is 0. The van der Waals surface area contributed by atoms with Crippen LogP contribution < -0.4 is 9.46 Å². The van der Waals surface area contributed by atoms with Gasteiger partial charge in [0.1, 0.15) is 5.75 Å². The predicted octanol–water partition coefficient (Wildman–Crippen LogP) is 1.68. The van der Waals surface area contributed by atoms with Crippen molar-refractivity contribution in [2.24, 2.45) is 0 Å². The van der Waals surface area contributed by atoms with Crippen LogP contribution in [0.1, 0.15) is 31.2 Å². The molecule has 1 saturated heterocycles. The highest BCUT2D eigenvalue weighted by atomic mass is 32.2. The highest BCUT2D eigenvalue weighted by Crippen LogP contribution is 2.21. The molecule has 0 aromatic heterocycles. The fourth-order valence-electron chi connectivity index (χ4n) is 2.69. The molecule has 0 saturated carbocycles. The van der Waals surface area contributed by atoms with Crippen molar-refractivity contribution in [1.82, 2.24) is 9.62 Å². The SMILES string of the molecule is COc1ccc(S(=O)(=O)NCC(=O)N2CCCCCC2)cc1C. The first kappa shape index (κ1) is 17.7. The van der Waals surface area contributed by atoms with E-state index < -0.39 is 10.0 Å². The number of carbonyl (C=O) groups excluding carboxylic acids is 1. The second-order valence-electron chi connectivity index (χ2n) is 5.75. The molecule has 6 nitrogen and oxygen atoms in total. The average Bonchev–Trinajstić information content (AvgIpc) is 2.82. The molecule has 7 heteroatoms. The number of sulfonamides is 1. The molecule has 1 aromatic carbocycles. The van der Waals surface area contributed by atoms with Gasteiger partial charge >= 0.3 is 0 Å². The molecular weight excluding hydrogens is 316 g/mol. The summed E-state index contributed by atoms with van der Waals surface area (Å²) in [6, 6.07) is 4.63. The molecule has 0 radical (unpaired) electrons. The summed E-state index contributed by atoms with van der Waals surface area (Å²) in [6.45, 7) is 3.00. The summed E-state index contributed by atoms with van der Waals surface area (Å²) >= 11 is 0. The van der Waals surface area contributed by atoms with Crippen molar-refractivity contribution in [2.45, 2.75) is 37.5 Å². The zero-order chi connectivity index (χ0) is 16.9. The van der Waals surface area contributed by atoms with Crippen molar-refractivity contribution in [1.29, 1.82) is 0 Å². The van der Waals surface area contributed by atoms with Gasteiger partial charge in [-0.25, -0.2) is 13.1 Å². The lowest BCUT2D eigenvalue weighted by atomic mass is 10.2. The second kappa shape index (κ2) is 7.79. The maximum atomic E-state index is 12.3. The normalized spacial score (nSPS) is 16.0. The monoisotopic (exact) mass is 340 g/mol. The van der Waals surface area contributed by atoms with Gasteiger partial charge in [0.05, 0.1) is 18.6 Å². The highest BCUT2D eigenvalue weighted by molar-refractivity contribution is 7.89. The van der Waals surface area contributed by atoms with Crippen LogP contribution in [0.15, 0.2) is 23.1 Å². The molecule has 1 heterocycles. The summed E-state index contributed by atoms with van der Waals surface area (Å²) in [4.78, 5) is 14.1. The van der Waals surface area contributed by atoms with Gasteiger partial charge in [-0.2, -0.15) is 0 Å². The van der Waals surface area contributed by atoms with Crippen LogP contribution in [0, 0.1) is 6.92 Å². The highest BCUT2D eigenvalue weighted by Gasteiger charge is 2.20. The van der Waals surface area contributed by atoms with Gasteiger partial charge in [0.2, 0.25) is 15.9 Å². The lowest BCUT2D eigenvalue weighted by Gasteiger charge is -2.20. The molecule has 0 aliphatic carbocycles. The summed E-state index contributed by atoms with van der Waals surface area (Å²) in [6.07, 6.45) is 4.22. The van der Waals surface area contributed by atoms with E-state index in [0.29, 0.717) is 18.8 Å². The first-order chi connectivity index (χ1) is 10.9. The number of methoxy groups -OCH3 is 1. The summed E-state index contributed by atoms with van der Waals surface area (Å²) in [5.74, 6) is 0.463. The first-order valence-electron chi connectivity index (χ1n) is 7.86. The van der Waals surface area contributed by atoms with E-state index >= 15 is 0 Å². The second-order valence-corrected chi connectivity index (χ2v) is 7.52. The number of hydrogen-bond acceptors (Lipinski definition) is 4. The summed E-state index contributed by atoms with van der Waals surface area (Å²) in [5.41, 5.74) is 0.731. The van der Waals surface area contributed by atoms with Gasteiger partial charge in [-0.3, -0.25) is 4.79 Å². The first-order valence-corrected chi connectivity index (χ1v) is 9.34. The molecule has 0 atom stereocenters. The topological polar surface area (TPSA) is 75.7 Å². The largest absolute Gasteiger partial charge is 0.496 e. The number of hydrogen-bond donors (Lipinski definition) is 1. The van der Waals surface area contributed by atoms with E-state index in [1.807, 2.05) is 0 Å². The Hall–Kier alpha value is -1.60. The van der Waals surface area contributed by atoms with Gasteiger partial charge in [0, 0.05) is 13.1 Å². The van der Waals surface area contributed by atoms with Crippen molar-refractivity contribution in [3.05, 3.63) is 23.8 Å². The zero-order valence-electron chi connectivity index (χ0n) is 13.7. The molecule has 23 heavy (non-hydrogen) atoms. The molecule has 128 valence electrons. The van der Waals surface area contributed by atoms with E-state index in [4.69, 9.17) is 4.74 Å². The maximum Gasteiger partial charge on any atom is 0.241 e. The quantitative estimate of drug-likeness (QED) is 0.885. The van der Waals surface area contributed by atoms with Crippen LogP contribution in [-0.4, -0.2) is 46.0 Å². The smallest absolute Gasteiger partial charge is 0.241 e. The van der Waals surface area contributed by atoms with Gasteiger partial charge in [0.15, 0.2) is 0 Å². The molecule has 1 amide bonds. The molecule has 0 bridgehead atoms. The Labute approximate surface area is 137 Å². The fraction of sp³-hybridized carbons (Fsp3) is 0.562. The average molecular weight is 340 g/mol. The van der Waals surface area contributed by atoms with E-state index in [1.54, 1.807) is 17.9 Å². The standard InChI is InChI=1S/C16H24N2O4S/c1-13-11-14(7-8-15(13)22-2)23(20,21)17-12-16(19)18-9-5-3-4-6-10-18/h7-8,11,17H,3-6,9-10,12H2,1-2H3. The molecule has 1 aliphatic heterocycles. The number of aryl methyl sites for hydroxylation is 1. The molecule has 0 unspecified atom stereocenters. The minimum Gasteiger partial charge on any atom is -0.496 e. The molecule has 1 aromatic rings. The number of nitrogens with one attached hydrogen (secondary N) is 1. The zero-order valence-corrected chi connectivity index (χ0v) is 14.5. The Kier molecular flexibility index (Phi) is 6.01. The van der Waals surface area contributed by atoms with Crippen molar-refractivity contribution >= 4 is 15.9 Å². The third-order valence-electron chi connectivity index (χ3n) is 4.05. The molecule has 1 aliphatic rings. The molecule has 2 rings (SSSR count). The minimum atomic E-state index is -3.70. The van der Waals surface area contributed by atoms with Gasteiger partial charge in [-0.1, -0.05) is 12.8 Å². The van der Waals surface area contributed by atoms with E-state index in [2.05, 4.69) is 4.72 Å². The number of carbonyl (C=O) groups is 1. The Morgan fingerprint density at radius 1 is 1.22 bits per heavy atom. The van der Waals surface area contributed by atoms with Gasteiger partial charge in [-0.15, -0.1) is 0 Å². The summed E-state index contributed by atoms with van der Waals surface area (Å²) < 4.78 is 32.2. The minimum absolute atomic E-state index is 0.138. The van der Waals surface area contributed by atoms with E-state index in [-0.39, 0.29) is 17.3 Å². The number of amides is 1. The van der Waals surface area contributed by atoms with Crippen molar-refractivity contribution in [3.8, 4) is 5.75 Å². The molecule has 0 spiro atoms. The van der Waals surface area contributed by atoms with Gasteiger partial charge < -0.3 is 9.64 Å². The number of nitrogens with zero attached hydrogens (tertiary/aromatic N) is 1. The third kappa shape index (κ3) is 4.68. The van der Waals surface area contributed by atoms with E-state index in [0.717, 1.165) is 31.2 Å². The Morgan fingerprint density at radius 2 is 1.87 bits per heavy atom. The van der Waals surface area contributed by atoms with E-state index in [9.17, 15) is 13.2 Å². The lowest BCUT2D eigenvalue weighted by molar-refractivity contribution is -0.129. The number of rotatable bonds is 5. The van der Waals surface area contributed by atoms with E-state index in [1.165, 1.54) is 19.2 Å². The Morgan fingerprint density at radius 3 is 2.43 bits per heavy atom. The van der Waals surface area contributed by atoms with Crippen molar-refractivity contribution in [3.63, 3.8) is 0 Å². The van der Waals surface area contributed by atoms with Crippen LogP contribution in [0.5, 0.6) is 5.75 Å². The molecular formula is C16H24N2O4S. The fourth-order valence-corrected chi connectivity index (χ4v) is 3.75. The Bertz CT molecular complexity index is 650. The van der Waals surface area contributed by atoms with Crippen LogP contribution in [0.3, 0.4) is 0 Å². The van der Waals surface area contributed by atoms with Crippen LogP contribution in [0.25, 0.3) is 0 Å². The van der Waals surface area contributed by atoms with Gasteiger partial charge in [0.25, 0.3) is 0 Å². The number of benzene rings is 1. The maximum absolute atomic E-state index is 12.3. The predicted molar refractivity (Wildman–Crippen MR) is 88.0 cm³/mol. The number of ether oxygens (including phenoxy) is 1. The van der Waals surface area contributed by atoms with Crippen LogP contribution in [-0.2, 0) is 14.8 Å². The lowest BCUT2D eigenvalue weighted by Crippen LogP contribution is -2.40. The number of likely N-dealkylation sites (tertiary alicyclic amines) is 1. The summed E-state index contributed by atoms with van der Waals surface area (Å²) in [7, 11) is -2.17. The van der Waals surface area contributed by atoms with Crippen LogP contribution in [0.4, 0.5) is 0 Å². The molecule has 1 fully saturated rings. The third-order valence-corrected chi connectivity index (χ3v) is 5.45. The van der Waals surface area contributed by atoms with Crippen molar-refractivity contribution < 1.29 is 17.9 Å². The van der Waals surface area contributed by atoms with Gasteiger partial charge in [-0.05, 0) is 43.5 Å². The molecule has 1 N–H and O–H groups in total. The van der Waals surface area contributed by atoms with Crippen LogP contribution >= 0.6 is 0 Å².